The molecule has 328 valence electrons. The first kappa shape index (κ1) is 40.7. The van der Waals surface area contributed by atoms with Gasteiger partial charge in [-0.25, -0.2) is 0 Å². The Morgan fingerprint density at radius 3 is 1.74 bits per heavy atom. The van der Waals surface area contributed by atoms with E-state index in [1.807, 2.05) is 0 Å². The van der Waals surface area contributed by atoms with Crippen molar-refractivity contribution in [2.45, 2.75) is 64.7 Å². The average molecular weight is 877 g/mol. The Balaban J connectivity index is 1.11. The molecule has 0 atom stereocenters. The first-order valence-corrected chi connectivity index (χ1v) is 24.5. The maximum Gasteiger partial charge on any atom is 0.251 e. The maximum absolute atomic E-state index is 7.14. The normalized spacial score (nSPS) is 14.0. The zero-order valence-corrected chi connectivity index (χ0v) is 39.6. The molecule has 3 nitrogen and oxygen atoms in total. The molecule has 2 aliphatic heterocycles. The van der Waals surface area contributed by atoms with Crippen LogP contribution in [0.15, 0.2) is 194 Å². The monoisotopic (exact) mass is 876 g/mol. The highest BCUT2D eigenvalue weighted by Crippen LogP contribution is 2.64. The number of fused-ring (bicyclic) bond motifs is 14. The molecule has 0 fully saturated rings. The summed E-state index contributed by atoms with van der Waals surface area (Å²) in [5.74, 6) is 2.97. The SMILES string of the molecule is CC(C)c1cc(C(C)C)c(B2c3ccccc3Oc3cc(N4c5ccccc5C5(c6ccccc6-c6ccccc65)c5cc6c(cc54)c4ccccc4n6-c4ccccc4)ccc32)c(C(C)C)c1. The molecule has 9 aromatic carbocycles. The minimum atomic E-state index is -0.584. The molecule has 0 saturated heterocycles. The number of nitrogens with zero attached hydrogens (tertiary/aromatic N) is 2. The number of anilines is 3. The molecule has 0 saturated carbocycles. The molecule has 0 bridgehead atoms. The van der Waals surface area contributed by atoms with Crippen molar-refractivity contribution >= 4 is 62.0 Å². The fourth-order valence-electron chi connectivity index (χ4n) is 12.4. The summed E-state index contributed by atoms with van der Waals surface area (Å²) in [6.07, 6.45) is 0. The van der Waals surface area contributed by atoms with Gasteiger partial charge in [-0.1, -0.05) is 187 Å². The van der Waals surface area contributed by atoms with Crippen molar-refractivity contribution in [3.05, 3.63) is 233 Å². The first-order chi connectivity index (χ1) is 33.2. The average Bonchev–Trinajstić information content (AvgIpc) is 3.85. The predicted octanol–water partition coefficient (Wildman–Crippen LogP) is 14.9. The van der Waals surface area contributed by atoms with E-state index < -0.39 is 5.41 Å². The van der Waals surface area contributed by atoms with E-state index in [4.69, 9.17) is 4.74 Å². The minimum absolute atomic E-state index is 0.0134. The molecule has 1 aromatic heterocycles. The highest BCUT2D eigenvalue weighted by atomic mass is 16.5. The fourth-order valence-corrected chi connectivity index (χ4v) is 12.4. The number of hydrogen-bond acceptors (Lipinski definition) is 2. The summed E-state index contributed by atoms with van der Waals surface area (Å²) < 4.78 is 9.60. The van der Waals surface area contributed by atoms with Gasteiger partial charge < -0.3 is 14.2 Å². The maximum atomic E-state index is 7.14. The van der Waals surface area contributed by atoms with Gasteiger partial charge in [0, 0.05) is 28.2 Å². The lowest BCUT2D eigenvalue weighted by molar-refractivity contribution is 0.487. The summed E-state index contributed by atoms with van der Waals surface area (Å²) in [6, 6.07) is 72.9. The third-order valence-electron chi connectivity index (χ3n) is 15.4. The molecule has 1 spiro atoms. The van der Waals surface area contributed by atoms with Crippen LogP contribution in [0, 0.1) is 0 Å². The van der Waals surface area contributed by atoms with Gasteiger partial charge in [-0.15, -0.1) is 0 Å². The van der Waals surface area contributed by atoms with E-state index in [2.05, 4.69) is 245 Å². The standard InChI is InChI=1S/C64H53BN2O/c1-39(2)42-34-48(40(3)4)63(49(35-42)41(5)6)65-55-28-16-19-31-61(55)68-62-36-44(32-33-56(62)65)67-58-30-18-15-27-53(58)64(51-25-13-10-22-45(51)46-23-11-14-26-52(46)64)54-38-59-50(37-60(54)67)47-24-12-17-29-57(47)66(59)43-20-8-7-9-21-43/h7-41H,1-6H3. The Labute approximate surface area is 400 Å². The molecule has 0 radical (unpaired) electrons. The van der Waals surface area contributed by atoms with Crippen LogP contribution < -0.4 is 26.0 Å². The van der Waals surface area contributed by atoms with Gasteiger partial charge >= 0.3 is 0 Å². The van der Waals surface area contributed by atoms with Crippen LogP contribution in [-0.4, -0.2) is 11.3 Å². The van der Waals surface area contributed by atoms with Crippen molar-refractivity contribution in [3.8, 4) is 28.3 Å². The second-order valence-electron chi connectivity index (χ2n) is 20.1. The van der Waals surface area contributed by atoms with Crippen LogP contribution >= 0.6 is 0 Å². The lowest BCUT2D eigenvalue weighted by Gasteiger charge is -2.45. The van der Waals surface area contributed by atoms with E-state index in [1.165, 1.54) is 99.6 Å². The van der Waals surface area contributed by atoms with Crippen molar-refractivity contribution in [1.82, 2.24) is 4.57 Å². The second kappa shape index (κ2) is 15.2. The molecule has 10 aromatic rings. The third kappa shape index (κ3) is 5.67. The Morgan fingerprint density at radius 1 is 0.426 bits per heavy atom. The predicted molar refractivity (Wildman–Crippen MR) is 286 cm³/mol. The van der Waals surface area contributed by atoms with Crippen LogP contribution in [0.2, 0.25) is 0 Å². The summed E-state index contributed by atoms with van der Waals surface area (Å²) in [5.41, 5.74) is 22.2. The molecular formula is C64H53BN2O. The van der Waals surface area contributed by atoms with E-state index in [-0.39, 0.29) is 6.71 Å². The van der Waals surface area contributed by atoms with Crippen LogP contribution in [0.3, 0.4) is 0 Å². The lowest BCUT2D eigenvalue weighted by atomic mass is 9.34. The highest BCUT2D eigenvalue weighted by Gasteiger charge is 2.52. The molecule has 0 amide bonds. The van der Waals surface area contributed by atoms with E-state index in [9.17, 15) is 0 Å². The Hall–Kier alpha value is -7.56. The van der Waals surface area contributed by atoms with Crippen molar-refractivity contribution in [3.63, 3.8) is 0 Å². The molecule has 3 heterocycles. The number of para-hydroxylation sites is 4. The molecule has 0 unspecified atom stereocenters. The number of benzene rings is 9. The van der Waals surface area contributed by atoms with Gasteiger partial charge in [-0.05, 0) is 127 Å². The van der Waals surface area contributed by atoms with E-state index in [1.54, 1.807) is 0 Å². The number of ether oxygens (including phenoxy) is 1. The lowest BCUT2D eigenvalue weighted by Crippen LogP contribution is -2.57. The molecule has 0 N–H and O–H groups in total. The second-order valence-corrected chi connectivity index (χ2v) is 20.1. The summed E-state index contributed by atoms with van der Waals surface area (Å²) >= 11 is 0. The van der Waals surface area contributed by atoms with Crippen molar-refractivity contribution in [1.29, 1.82) is 0 Å². The topological polar surface area (TPSA) is 17.4 Å². The fraction of sp³-hybridized carbons (Fsp3) is 0.156. The zero-order chi connectivity index (χ0) is 46.0. The Bertz CT molecular complexity index is 3600. The molecule has 3 aliphatic rings. The summed E-state index contributed by atoms with van der Waals surface area (Å²) in [7, 11) is 0. The van der Waals surface area contributed by atoms with Gasteiger partial charge in [0.2, 0.25) is 0 Å². The van der Waals surface area contributed by atoms with Crippen molar-refractivity contribution in [2.75, 3.05) is 4.90 Å². The molecular weight excluding hydrogens is 824 g/mol. The van der Waals surface area contributed by atoms with Gasteiger partial charge in [0.15, 0.2) is 0 Å². The van der Waals surface area contributed by atoms with Crippen LogP contribution in [-0.2, 0) is 5.41 Å². The molecule has 13 rings (SSSR count). The van der Waals surface area contributed by atoms with Gasteiger partial charge in [0.25, 0.3) is 6.71 Å². The Kier molecular flexibility index (Phi) is 9.12. The van der Waals surface area contributed by atoms with Crippen molar-refractivity contribution in [2.24, 2.45) is 0 Å². The highest BCUT2D eigenvalue weighted by molar-refractivity contribution is 6.97. The first-order valence-electron chi connectivity index (χ1n) is 24.5. The van der Waals surface area contributed by atoms with Gasteiger partial charge in [0.05, 0.1) is 27.8 Å². The molecule has 4 heteroatoms. The van der Waals surface area contributed by atoms with Crippen LogP contribution in [0.25, 0.3) is 38.6 Å². The van der Waals surface area contributed by atoms with Gasteiger partial charge in [-0.3, -0.25) is 0 Å². The quantitative estimate of drug-likeness (QED) is 0.155. The zero-order valence-electron chi connectivity index (χ0n) is 39.6. The van der Waals surface area contributed by atoms with Crippen LogP contribution in [0.4, 0.5) is 17.1 Å². The van der Waals surface area contributed by atoms with E-state index >= 15 is 0 Å². The van der Waals surface area contributed by atoms with E-state index in [0.717, 1.165) is 22.9 Å². The van der Waals surface area contributed by atoms with Crippen LogP contribution in [0.1, 0.15) is 98.2 Å². The van der Waals surface area contributed by atoms with Crippen LogP contribution in [0.5, 0.6) is 11.5 Å². The van der Waals surface area contributed by atoms with Crippen molar-refractivity contribution < 1.29 is 4.74 Å². The molecule has 68 heavy (non-hydrogen) atoms. The van der Waals surface area contributed by atoms with Gasteiger partial charge in [0.1, 0.15) is 11.5 Å². The smallest absolute Gasteiger partial charge is 0.251 e. The largest absolute Gasteiger partial charge is 0.458 e. The number of aromatic nitrogens is 1. The number of hydrogen-bond donors (Lipinski definition) is 0. The van der Waals surface area contributed by atoms with Gasteiger partial charge in [-0.2, -0.15) is 0 Å². The summed E-state index contributed by atoms with van der Waals surface area (Å²) in [4.78, 5) is 2.53. The molecule has 1 aliphatic carbocycles. The minimum Gasteiger partial charge on any atom is -0.458 e. The third-order valence-corrected chi connectivity index (χ3v) is 15.4. The Morgan fingerprint density at radius 2 is 1.03 bits per heavy atom. The van der Waals surface area contributed by atoms with E-state index in [0.29, 0.717) is 17.8 Å². The number of rotatable bonds is 6. The summed E-state index contributed by atoms with van der Waals surface area (Å²) in [6.45, 7) is 14.1. The summed E-state index contributed by atoms with van der Waals surface area (Å²) in [5, 5.41) is 2.45.